The lowest BCUT2D eigenvalue weighted by Gasteiger charge is -2.25. The number of rotatable bonds is 5. The van der Waals surface area contributed by atoms with Crippen LogP contribution in [0.4, 0.5) is 0 Å². The Morgan fingerprint density at radius 1 is 1.36 bits per heavy atom. The largest absolute Gasteiger partial charge is 0.396 e. The van der Waals surface area contributed by atoms with Crippen LogP contribution in [0.1, 0.15) is 38.5 Å². The fourth-order valence-electron chi connectivity index (χ4n) is 1.99. The van der Waals surface area contributed by atoms with E-state index in [9.17, 15) is 0 Å². The van der Waals surface area contributed by atoms with Gasteiger partial charge in [-0.2, -0.15) is 5.26 Å². The van der Waals surface area contributed by atoms with Crippen LogP contribution in [0.2, 0.25) is 0 Å². The summed E-state index contributed by atoms with van der Waals surface area (Å²) < 4.78 is 5.45. The standard InChI is InChI=1S/C11H19NO2/c12-9-11(14-8-4-7-13)10-5-2-1-3-6-10/h10-11,13H,1-8H2. The van der Waals surface area contributed by atoms with Gasteiger partial charge in [0.1, 0.15) is 6.10 Å². The molecule has 0 spiro atoms. The molecule has 1 rings (SSSR count). The van der Waals surface area contributed by atoms with Crippen molar-refractivity contribution >= 4 is 0 Å². The van der Waals surface area contributed by atoms with Crippen LogP contribution in [-0.2, 0) is 4.74 Å². The molecule has 0 aromatic carbocycles. The molecular weight excluding hydrogens is 178 g/mol. The first-order valence-electron chi connectivity index (χ1n) is 5.50. The molecule has 80 valence electrons. The lowest BCUT2D eigenvalue weighted by Crippen LogP contribution is -2.25. The maximum Gasteiger partial charge on any atom is 0.146 e. The predicted octanol–water partition coefficient (Wildman–Crippen LogP) is 1.86. The van der Waals surface area contributed by atoms with E-state index in [0.717, 1.165) is 12.8 Å². The molecule has 0 saturated heterocycles. The molecule has 0 bridgehead atoms. The Kier molecular flexibility index (Phi) is 5.58. The zero-order valence-corrected chi connectivity index (χ0v) is 8.61. The van der Waals surface area contributed by atoms with Gasteiger partial charge in [0.05, 0.1) is 12.7 Å². The van der Waals surface area contributed by atoms with Crippen molar-refractivity contribution in [1.29, 1.82) is 5.26 Å². The Bertz CT molecular complexity index is 182. The molecule has 3 nitrogen and oxygen atoms in total. The van der Waals surface area contributed by atoms with Crippen molar-refractivity contribution in [3.8, 4) is 6.07 Å². The van der Waals surface area contributed by atoms with E-state index in [1.807, 2.05) is 0 Å². The Labute approximate surface area is 85.7 Å². The van der Waals surface area contributed by atoms with Gasteiger partial charge >= 0.3 is 0 Å². The molecule has 0 aromatic rings. The summed E-state index contributed by atoms with van der Waals surface area (Å²) >= 11 is 0. The zero-order valence-electron chi connectivity index (χ0n) is 8.61. The normalized spacial score (nSPS) is 20.3. The van der Waals surface area contributed by atoms with Gasteiger partial charge in [-0.1, -0.05) is 19.3 Å². The number of aliphatic hydroxyl groups is 1. The first-order chi connectivity index (χ1) is 6.88. The number of hydrogen-bond acceptors (Lipinski definition) is 3. The molecule has 14 heavy (non-hydrogen) atoms. The molecule has 0 aliphatic heterocycles. The Hall–Kier alpha value is -0.590. The molecule has 1 saturated carbocycles. The fourth-order valence-corrected chi connectivity index (χ4v) is 1.99. The highest BCUT2D eigenvalue weighted by Gasteiger charge is 2.23. The molecule has 0 amide bonds. The Balaban J connectivity index is 2.25. The van der Waals surface area contributed by atoms with Gasteiger partial charge in [-0.3, -0.25) is 0 Å². The maximum absolute atomic E-state index is 8.94. The van der Waals surface area contributed by atoms with Gasteiger partial charge in [-0.15, -0.1) is 0 Å². The monoisotopic (exact) mass is 197 g/mol. The van der Waals surface area contributed by atoms with Gasteiger partial charge in [0.15, 0.2) is 0 Å². The van der Waals surface area contributed by atoms with E-state index in [0.29, 0.717) is 18.9 Å². The SMILES string of the molecule is N#CC(OCCCO)C1CCCCC1. The van der Waals surface area contributed by atoms with E-state index in [2.05, 4.69) is 6.07 Å². The number of hydrogen-bond donors (Lipinski definition) is 1. The molecule has 1 N–H and O–H groups in total. The van der Waals surface area contributed by atoms with E-state index in [1.165, 1.54) is 19.3 Å². The average molecular weight is 197 g/mol. The average Bonchev–Trinajstić information content (AvgIpc) is 2.26. The van der Waals surface area contributed by atoms with Crippen LogP contribution >= 0.6 is 0 Å². The summed E-state index contributed by atoms with van der Waals surface area (Å²) in [4.78, 5) is 0. The summed E-state index contributed by atoms with van der Waals surface area (Å²) in [5.74, 6) is 0.424. The molecule has 1 unspecified atom stereocenters. The molecule has 1 fully saturated rings. The van der Waals surface area contributed by atoms with Crippen molar-refractivity contribution in [2.45, 2.75) is 44.6 Å². The predicted molar refractivity (Wildman–Crippen MR) is 53.6 cm³/mol. The minimum atomic E-state index is -0.248. The lowest BCUT2D eigenvalue weighted by atomic mass is 9.85. The van der Waals surface area contributed by atoms with Crippen LogP contribution in [0.5, 0.6) is 0 Å². The topological polar surface area (TPSA) is 53.2 Å². The third-order valence-corrected chi connectivity index (χ3v) is 2.81. The second kappa shape index (κ2) is 6.80. The summed E-state index contributed by atoms with van der Waals surface area (Å²) in [5.41, 5.74) is 0. The third-order valence-electron chi connectivity index (χ3n) is 2.81. The number of ether oxygens (including phenoxy) is 1. The van der Waals surface area contributed by atoms with Crippen LogP contribution in [0.25, 0.3) is 0 Å². The van der Waals surface area contributed by atoms with Gasteiger partial charge in [0.2, 0.25) is 0 Å². The minimum absolute atomic E-state index is 0.142. The van der Waals surface area contributed by atoms with Crippen molar-refractivity contribution in [2.75, 3.05) is 13.2 Å². The second-order valence-electron chi connectivity index (χ2n) is 3.90. The Morgan fingerprint density at radius 2 is 2.07 bits per heavy atom. The van der Waals surface area contributed by atoms with Gasteiger partial charge in [0.25, 0.3) is 0 Å². The van der Waals surface area contributed by atoms with E-state index in [1.54, 1.807) is 0 Å². The fraction of sp³-hybridized carbons (Fsp3) is 0.909. The molecule has 3 heteroatoms. The first-order valence-corrected chi connectivity index (χ1v) is 5.50. The van der Waals surface area contributed by atoms with Crippen molar-refractivity contribution in [3.63, 3.8) is 0 Å². The third kappa shape index (κ3) is 3.65. The van der Waals surface area contributed by atoms with Crippen molar-refractivity contribution in [1.82, 2.24) is 0 Å². The smallest absolute Gasteiger partial charge is 0.146 e. The van der Waals surface area contributed by atoms with Crippen LogP contribution in [-0.4, -0.2) is 24.4 Å². The molecule has 1 aliphatic carbocycles. The number of nitrogens with zero attached hydrogens (tertiary/aromatic N) is 1. The highest BCUT2D eigenvalue weighted by Crippen LogP contribution is 2.27. The molecule has 1 aliphatic rings. The minimum Gasteiger partial charge on any atom is -0.396 e. The lowest BCUT2D eigenvalue weighted by molar-refractivity contribution is 0.0296. The van der Waals surface area contributed by atoms with E-state index in [4.69, 9.17) is 15.1 Å². The van der Waals surface area contributed by atoms with E-state index >= 15 is 0 Å². The van der Waals surface area contributed by atoms with Crippen LogP contribution in [0.15, 0.2) is 0 Å². The Morgan fingerprint density at radius 3 is 2.64 bits per heavy atom. The highest BCUT2D eigenvalue weighted by molar-refractivity contribution is 4.90. The molecule has 1 atom stereocenters. The van der Waals surface area contributed by atoms with Crippen LogP contribution < -0.4 is 0 Å². The highest BCUT2D eigenvalue weighted by atomic mass is 16.5. The van der Waals surface area contributed by atoms with Crippen LogP contribution in [0, 0.1) is 17.2 Å². The van der Waals surface area contributed by atoms with Crippen molar-refractivity contribution in [3.05, 3.63) is 0 Å². The number of nitriles is 1. The first kappa shape index (κ1) is 11.5. The van der Waals surface area contributed by atoms with Crippen LogP contribution in [0.3, 0.4) is 0 Å². The molecular formula is C11H19NO2. The second-order valence-corrected chi connectivity index (χ2v) is 3.90. The van der Waals surface area contributed by atoms with Crippen molar-refractivity contribution < 1.29 is 9.84 Å². The van der Waals surface area contributed by atoms with Gasteiger partial charge in [-0.05, 0) is 25.2 Å². The van der Waals surface area contributed by atoms with Crippen molar-refractivity contribution in [2.24, 2.45) is 5.92 Å². The zero-order chi connectivity index (χ0) is 10.2. The van der Waals surface area contributed by atoms with E-state index in [-0.39, 0.29) is 12.7 Å². The molecule has 0 aromatic heterocycles. The summed E-state index contributed by atoms with van der Waals surface area (Å²) in [6.07, 6.45) is 6.38. The molecule has 0 radical (unpaired) electrons. The van der Waals surface area contributed by atoms with E-state index < -0.39 is 0 Å². The maximum atomic E-state index is 8.94. The summed E-state index contributed by atoms with van der Waals surface area (Å²) in [5, 5.41) is 17.5. The van der Waals surface area contributed by atoms with Gasteiger partial charge in [0, 0.05) is 6.61 Å². The summed E-state index contributed by atoms with van der Waals surface area (Å²) in [6.45, 7) is 0.647. The summed E-state index contributed by atoms with van der Waals surface area (Å²) in [7, 11) is 0. The van der Waals surface area contributed by atoms with Gasteiger partial charge < -0.3 is 9.84 Å². The molecule has 0 heterocycles. The quantitative estimate of drug-likeness (QED) is 0.684. The summed E-state index contributed by atoms with van der Waals surface area (Å²) in [6, 6.07) is 2.23. The number of aliphatic hydroxyl groups excluding tert-OH is 1. The van der Waals surface area contributed by atoms with Gasteiger partial charge in [-0.25, -0.2) is 0 Å².